The number of aromatic nitrogens is 1. The third-order valence-corrected chi connectivity index (χ3v) is 6.04. The number of para-hydroxylation sites is 1. The van der Waals surface area contributed by atoms with Crippen LogP contribution < -0.4 is 5.32 Å². The molecule has 1 aliphatic carbocycles. The summed E-state index contributed by atoms with van der Waals surface area (Å²) >= 11 is 0. The number of H-pyrrole nitrogens is 1. The first-order valence-electron chi connectivity index (χ1n) is 8.40. The van der Waals surface area contributed by atoms with Gasteiger partial charge >= 0.3 is 0 Å². The zero-order chi connectivity index (χ0) is 14.7. The topological polar surface area (TPSA) is 48.1 Å². The van der Waals surface area contributed by atoms with E-state index in [1.807, 2.05) is 30.3 Å². The Morgan fingerprint density at radius 2 is 1.96 bits per heavy atom. The Balaban J connectivity index is 0.00000135. The van der Waals surface area contributed by atoms with Gasteiger partial charge in [-0.15, -0.1) is 12.4 Å². The molecule has 2 N–H and O–H groups in total. The van der Waals surface area contributed by atoms with E-state index in [1.54, 1.807) is 0 Å². The minimum atomic E-state index is 0. The Hall–Kier alpha value is -1.52. The lowest BCUT2D eigenvalue weighted by molar-refractivity contribution is -0.00151. The SMILES string of the molecule is Cl.O=C(N[C@@H]1C2CCN(CC2)C12CC2)c1cc2ccccc2[nH]1. The van der Waals surface area contributed by atoms with E-state index < -0.39 is 0 Å². The number of amides is 1. The smallest absolute Gasteiger partial charge is 0.268 e. The van der Waals surface area contributed by atoms with Crippen molar-refractivity contribution >= 4 is 29.2 Å². The molecule has 4 fully saturated rings. The fourth-order valence-electron chi connectivity index (χ4n) is 4.74. The number of hydrogen-bond acceptors (Lipinski definition) is 2. The van der Waals surface area contributed by atoms with Crippen LogP contribution in [-0.4, -0.2) is 40.5 Å². The zero-order valence-electron chi connectivity index (χ0n) is 13.0. The monoisotopic (exact) mass is 331 g/mol. The number of hydrogen-bond donors (Lipinski definition) is 2. The summed E-state index contributed by atoms with van der Waals surface area (Å²) in [7, 11) is 0. The molecule has 0 radical (unpaired) electrons. The summed E-state index contributed by atoms with van der Waals surface area (Å²) in [6, 6.07) is 10.4. The van der Waals surface area contributed by atoms with Gasteiger partial charge in [-0.3, -0.25) is 9.69 Å². The van der Waals surface area contributed by atoms with E-state index in [0.717, 1.165) is 10.9 Å². The van der Waals surface area contributed by atoms with Crippen LogP contribution in [0.2, 0.25) is 0 Å². The van der Waals surface area contributed by atoms with Gasteiger partial charge in [0.25, 0.3) is 5.91 Å². The van der Waals surface area contributed by atoms with E-state index >= 15 is 0 Å². The molecule has 1 saturated carbocycles. The molecule has 4 nitrogen and oxygen atoms in total. The van der Waals surface area contributed by atoms with Crippen LogP contribution in [0, 0.1) is 5.92 Å². The van der Waals surface area contributed by atoms with Crippen LogP contribution in [-0.2, 0) is 0 Å². The van der Waals surface area contributed by atoms with Gasteiger partial charge in [-0.05, 0) is 56.8 Å². The van der Waals surface area contributed by atoms with Gasteiger partial charge in [0, 0.05) is 16.4 Å². The second-order valence-corrected chi connectivity index (χ2v) is 7.15. The van der Waals surface area contributed by atoms with Crippen molar-refractivity contribution in [2.45, 2.75) is 37.3 Å². The third-order valence-electron chi connectivity index (χ3n) is 6.04. The molecular formula is C18H22ClN3O. The Labute approximate surface area is 142 Å². The molecule has 1 spiro atoms. The van der Waals surface area contributed by atoms with Crippen molar-refractivity contribution in [2.75, 3.05) is 13.1 Å². The van der Waals surface area contributed by atoms with Gasteiger partial charge in [0.15, 0.2) is 0 Å². The molecule has 1 amide bonds. The van der Waals surface area contributed by atoms with Gasteiger partial charge in [-0.2, -0.15) is 0 Å². The van der Waals surface area contributed by atoms with Crippen LogP contribution in [0.25, 0.3) is 10.9 Å². The van der Waals surface area contributed by atoms with E-state index in [4.69, 9.17) is 0 Å². The minimum Gasteiger partial charge on any atom is -0.351 e. The molecule has 6 rings (SSSR count). The lowest BCUT2D eigenvalue weighted by Gasteiger charge is -2.52. The van der Waals surface area contributed by atoms with E-state index in [2.05, 4.69) is 15.2 Å². The van der Waals surface area contributed by atoms with Crippen molar-refractivity contribution in [2.24, 2.45) is 5.92 Å². The van der Waals surface area contributed by atoms with Gasteiger partial charge in [-0.1, -0.05) is 18.2 Å². The average Bonchev–Trinajstić information content (AvgIpc) is 3.20. The van der Waals surface area contributed by atoms with Gasteiger partial charge in [0.05, 0.1) is 6.04 Å². The molecule has 4 heterocycles. The first-order valence-corrected chi connectivity index (χ1v) is 8.40. The van der Waals surface area contributed by atoms with Crippen LogP contribution in [0.1, 0.15) is 36.2 Å². The Morgan fingerprint density at radius 1 is 1.22 bits per heavy atom. The minimum absolute atomic E-state index is 0. The molecule has 1 aromatic carbocycles. The molecule has 4 aliphatic rings. The van der Waals surface area contributed by atoms with Crippen molar-refractivity contribution in [3.05, 3.63) is 36.0 Å². The van der Waals surface area contributed by atoms with Gasteiger partial charge in [-0.25, -0.2) is 0 Å². The van der Waals surface area contributed by atoms with E-state index in [-0.39, 0.29) is 18.3 Å². The van der Waals surface area contributed by atoms with Crippen LogP contribution in [0.15, 0.2) is 30.3 Å². The molecule has 1 atom stereocenters. The molecule has 2 aromatic rings. The summed E-state index contributed by atoms with van der Waals surface area (Å²) in [4.78, 5) is 18.6. The number of carbonyl (C=O) groups is 1. The fraction of sp³-hybridized carbons (Fsp3) is 0.500. The second-order valence-electron chi connectivity index (χ2n) is 7.15. The average molecular weight is 332 g/mol. The predicted molar refractivity (Wildman–Crippen MR) is 93.1 cm³/mol. The van der Waals surface area contributed by atoms with E-state index in [0.29, 0.717) is 23.2 Å². The molecule has 0 unspecified atom stereocenters. The summed E-state index contributed by atoms with van der Waals surface area (Å²) in [6.07, 6.45) is 4.97. The summed E-state index contributed by atoms with van der Waals surface area (Å²) < 4.78 is 0. The number of carbonyl (C=O) groups excluding carboxylic acids is 1. The van der Waals surface area contributed by atoms with Gasteiger partial charge < -0.3 is 10.3 Å². The zero-order valence-corrected chi connectivity index (χ0v) is 13.9. The van der Waals surface area contributed by atoms with Gasteiger partial charge in [0.1, 0.15) is 5.69 Å². The quantitative estimate of drug-likeness (QED) is 0.889. The number of nitrogens with one attached hydrogen (secondary N) is 2. The van der Waals surface area contributed by atoms with Crippen molar-refractivity contribution in [1.29, 1.82) is 0 Å². The maximum atomic E-state index is 12.7. The number of aromatic amines is 1. The maximum Gasteiger partial charge on any atom is 0.268 e. The Morgan fingerprint density at radius 3 is 2.65 bits per heavy atom. The summed E-state index contributed by atoms with van der Waals surface area (Å²) in [6.45, 7) is 2.45. The number of fused-ring (bicyclic) bond motifs is 3. The third kappa shape index (κ3) is 2.19. The van der Waals surface area contributed by atoms with Crippen molar-refractivity contribution in [3.63, 3.8) is 0 Å². The normalized spacial score (nSPS) is 30.2. The highest BCUT2D eigenvalue weighted by molar-refractivity contribution is 5.98. The number of nitrogens with zero attached hydrogens (tertiary/aromatic N) is 1. The van der Waals surface area contributed by atoms with E-state index in [1.165, 1.54) is 38.8 Å². The van der Waals surface area contributed by atoms with Crippen molar-refractivity contribution in [3.8, 4) is 0 Å². The molecule has 3 aliphatic heterocycles. The molecule has 1 aromatic heterocycles. The highest BCUT2D eigenvalue weighted by Crippen LogP contribution is 2.53. The summed E-state index contributed by atoms with van der Waals surface area (Å²) in [5.41, 5.74) is 2.01. The van der Waals surface area contributed by atoms with E-state index in [9.17, 15) is 4.79 Å². The summed E-state index contributed by atoms with van der Waals surface area (Å²) in [5.74, 6) is 0.724. The second kappa shape index (κ2) is 5.25. The first kappa shape index (κ1) is 15.0. The predicted octanol–water partition coefficient (Wildman–Crippen LogP) is 2.95. The van der Waals surface area contributed by atoms with Crippen molar-refractivity contribution < 1.29 is 4.79 Å². The van der Waals surface area contributed by atoms with Gasteiger partial charge in [0.2, 0.25) is 0 Å². The first-order chi connectivity index (χ1) is 10.8. The molecular weight excluding hydrogens is 310 g/mol. The van der Waals surface area contributed by atoms with Crippen LogP contribution in [0.3, 0.4) is 0 Å². The molecule has 3 saturated heterocycles. The number of rotatable bonds is 2. The number of halogens is 1. The molecule has 23 heavy (non-hydrogen) atoms. The highest BCUT2D eigenvalue weighted by Gasteiger charge is 2.60. The Bertz CT molecular complexity index is 711. The van der Waals surface area contributed by atoms with Crippen LogP contribution in [0.5, 0.6) is 0 Å². The molecule has 2 bridgehead atoms. The fourth-order valence-corrected chi connectivity index (χ4v) is 4.74. The molecule has 122 valence electrons. The van der Waals surface area contributed by atoms with Crippen LogP contribution >= 0.6 is 12.4 Å². The number of piperidine rings is 3. The largest absolute Gasteiger partial charge is 0.351 e. The highest BCUT2D eigenvalue weighted by atomic mass is 35.5. The Kier molecular flexibility index (Phi) is 3.43. The van der Waals surface area contributed by atoms with Crippen molar-refractivity contribution in [1.82, 2.24) is 15.2 Å². The number of benzene rings is 1. The standard InChI is InChI=1S/C18H21N3O.ClH/c22-17(15-11-13-3-1-2-4-14(13)19-15)20-16-12-5-9-21(10-6-12)18(16)7-8-18;/h1-4,11-12,16,19H,5-10H2,(H,20,22);1H/t16-;/m1./s1. The van der Waals surface area contributed by atoms with Crippen LogP contribution in [0.4, 0.5) is 0 Å². The maximum absolute atomic E-state index is 12.7. The lowest BCUT2D eigenvalue weighted by Crippen LogP contribution is -2.65. The lowest BCUT2D eigenvalue weighted by atomic mass is 9.77. The molecule has 5 heteroatoms. The summed E-state index contributed by atoms with van der Waals surface area (Å²) in [5, 5.41) is 4.47.